The van der Waals surface area contributed by atoms with Crippen LogP contribution in [0.2, 0.25) is 0 Å². The van der Waals surface area contributed by atoms with Crippen LogP contribution in [0, 0.1) is 36.5 Å². The molecule has 0 aliphatic rings. The highest BCUT2D eigenvalue weighted by molar-refractivity contribution is 6.12. The van der Waals surface area contributed by atoms with E-state index in [0.29, 0.717) is 29.2 Å². The number of alkyl halides is 9. The second-order valence-electron chi connectivity index (χ2n) is 13.5. The first-order valence-corrected chi connectivity index (χ1v) is 16.8. The van der Waals surface area contributed by atoms with Gasteiger partial charge in [0.1, 0.15) is 11.6 Å². The molecular weight excluding hydrogens is 743 g/mol. The summed E-state index contributed by atoms with van der Waals surface area (Å²) < 4.78 is 132. The van der Waals surface area contributed by atoms with Crippen LogP contribution in [0.4, 0.5) is 39.5 Å². The second kappa shape index (κ2) is 12.4. The largest absolute Gasteiger partial charge is 0.417 e. The van der Waals surface area contributed by atoms with Crippen LogP contribution in [0.25, 0.3) is 66.1 Å². The Morgan fingerprint density at radius 2 is 0.893 bits per heavy atom. The van der Waals surface area contributed by atoms with E-state index in [1.165, 1.54) is 22.8 Å². The quantitative estimate of drug-likeness (QED) is 0.168. The van der Waals surface area contributed by atoms with Gasteiger partial charge in [0.25, 0.3) is 0 Å². The lowest BCUT2D eigenvalue weighted by Gasteiger charge is -2.20. The SMILES string of the molecule is Cc1ccc2c(c1)c1cc(C)ccc1n2-c1cc(-c2ccc(C#N)cc2C(F)(F)F)cc(-n2c3ccc(C(F)(F)F)cc3c3cc(C(F)(F)F)ccc32)c1C#N. The summed E-state index contributed by atoms with van der Waals surface area (Å²) in [5, 5.41) is 21.6. The fourth-order valence-electron chi connectivity index (χ4n) is 7.48. The van der Waals surface area contributed by atoms with Crippen LogP contribution in [-0.2, 0) is 18.5 Å². The highest BCUT2D eigenvalue weighted by atomic mass is 19.4. The molecule has 2 heterocycles. The lowest BCUT2D eigenvalue weighted by Crippen LogP contribution is -2.09. The molecular formula is C43H23F9N4. The molecule has 0 unspecified atom stereocenters. The van der Waals surface area contributed by atoms with Gasteiger partial charge in [-0.15, -0.1) is 0 Å². The average Bonchev–Trinajstić information content (AvgIpc) is 3.64. The third kappa shape index (κ3) is 5.78. The number of nitriles is 2. The van der Waals surface area contributed by atoms with Gasteiger partial charge in [-0.2, -0.15) is 50.0 Å². The van der Waals surface area contributed by atoms with E-state index in [0.717, 1.165) is 52.2 Å². The van der Waals surface area contributed by atoms with E-state index in [2.05, 4.69) is 6.07 Å². The Bertz CT molecular complexity index is 2910. The molecule has 6 aromatic carbocycles. The molecule has 278 valence electrons. The van der Waals surface area contributed by atoms with Gasteiger partial charge in [-0.05, 0) is 110 Å². The minimum atomic E-state index is -4.97. The maximum Gasteiger partial charge on any atom is 0.417 e. The van der Waals surface area contributed by atoms with E-state index >= 15 is 0 Å². The van der Waals surface area contributed by atoms with E-state index in [9.17, 15) is 50.0 Å². The second-order valence-corrected chi connectivity index (χ2v) is 13.5. The predicted molar refractivity (Wildman–Crippen MR) is 194 cm³/mol. The van der Waals surface area contributed by atoms with Crippen molar-refractivity contribution in [3.63, 3.8) is 0 Å². The van der Waals surface area contributed by atoms with E-state index in [4.69, 9.17) is 0 Å². The zero-order chi connectivity index (χ0) is 40.1. The Kier molecular flexibility index (Phi) is 8.03. The Labute approximate surface area is 311 Å². The number of halogens is 9. The summed E-state index contributed by atoms with van der Waals surface area (Å²) in [7, 11) is 0. The molecule has 0 saturated heterocycles. The van der Waals surface area contributed by atoms with Gasteiger partial charge in [-0.1, -0.05) is 29.3 Å². The maximum atomic E-state index is 14.8. The number of aryl methyl sites for hydroxylation is 2. The number of fused-ring (bicyclic) bond motifs is 6. The topological polar surface area (TPSA) is 57.4 Å². The van der Waals surface area contributed by atoms with Crippen molar-refractivity contribution in [3.05, 3.63) is 142 Å². The monoisotopic (exact) mass is 766 g/mol. The molecule has 0 fully saturated rings. The summed E-state index contributed by atoms with van der Waals surface area (Å²) in [5.74, 6) is 0. The Balaban J connectivity index is 1.58. The summed E-state index contributed by atoms with van der Waals surface area (Å²) in [4.78, 5) is 0. The van der Waals surface area contributed by atoms with Crippen LogP contribution < -0.4 is 0 Å². The van der Waals surface area contributed by atoms with Crippen molar-refractivity contribution in [2.24, 2.45) is 0 Å². The van der Waals surface area contributed by atoms with Crippen molar-refractivity contribution in [3.8, 4) is 34.6 Å². The minimum absolute atomic E-state index is 0.0312. The van der Waals surface area contributed by atoms with Gasteiger partial charge >= 0.3 is 18.5 Å². The number of hydrogen-bond acceptors (Lipinski definition) is 2. The molecule has 0 N–H and O–H groups in total. The molecule has 0 aliphatic heterocycles. The number of rotatable bonds is 3. The zero-order valence-electron chi connectivity index (χ0n) is 29.0. The summed E-state index contributed by atoms with van der Waals surface area (Å²) >= 11 is 0. The zero-order valence-corrected chi connectivity index (χ0v) is 29.0. The van der Waals surface area contributed by atoms with Gasteiger partial charge in [0, 0.05) is 21.5 Å². The lowest BCUT2D eigenvalue weighted by atomic mass is 9.94. The van der Waals surface area contributed by atoms with Crippen molar-refractivity contribution >= 4 is 43.6 Å². The fraction of sp³-hybridized carbons (Fsp3) is 0.116. The smallest absolute Gasteiger partial charge is 0.308 e. The Hall–Kier alpha value is -6.73. The molecule has 0 spiro atoms. The van der Waals surface area contributed by atoms with Gasteiger partial charge in [-0.25, -0.2) is 0 Å². The third-order valence-corrected chi connectivity index (χ3v) is 9.95. The first-order valence-electron chi connectivity index (χ1n) is 16.8. The van der Waals surface area contributed by atoms with Crippen LogP contribution in [-0.4, -0.2) is 9.13 Å². The summed E-state index contributed by atoms with van der Waals surface area (Å²) in [6.45, 7) is 3.77. The molecule has 4 nitrogen and oxygen atoms in total. The molecule has 0 atom stereocenters. The van der Waals surface area contributed by atoms with Gasteiger partial charge in [0.15, 0.2) is 0 Å². The first kappa shape index (κ1) is 36.3. The number of aromatic nitrogens is 2. The normalized spacial score (nSPS) is 12.5. The van der Waals surface area contributed by atoms with Crippen molar-refractivity contribution in [2.45, 2.75) is 32.4 Å². The predicted octanol–water partition coefficient (Wildman–Crippen LogP) is 13.0. The number of benzene rings is 6. The van der Waals surface area contributed by atoms with Crippen molar-refractivity contribution in [2.75, 3.05) is 0 Å². The van der Waals surface area contributed by atoms with Crippen LogP contribution >= 0.6 is 0 Å². The maximum absolute atomic E-state index is 14.8. The Morgan fingerprint density at radius 3 is 1.29 bits per heavy atom. The van der Waals surface area contributed by atoms with E-state index in [1.54, 1.807) is 22.8 Å². The molecule has 0 amide bonds. The molecule has 2 aromatic heterocycles. The van der Waals surface area contributed by atoms with E-state index < -0.39 is 35.2 Å². The highest BCUT2D eigenvalue weighted by Crippen LogP contribution is 2.45. The van der Waals surface area contributed by atoms with Gasteiger partial charge in [0.05, 0.1) is 61.8 Å². The van der Waals surface area contributed by atoms with Crippen LogP contribution in [0.1, 0.15) is 38.9 Å². The van der Waals surface area contributed by atoms with Gasteiger partial charge < -0.3 is 9.13 Å². The van der Waals surface area contributed by atoms with E-state index in [-0.39, 0.29) is 55.4 Å². The molecule has 0 saturated carbocycles. The molecule has 8 aromatic rings. The standard InChI is InChI=1S/C43H23F9N4/c1-22-3-9-35-29(13-22)30-14-23(2)4-10-36(30)55(35)39-16-25(28-8-5-24(20-53)15-34(28)43(50,51)52)17-40(33(39)21-54)56-37-11-6-26(41(44,45)46)18-31(37)32-19-27(42(47,48)49)7-12-38(32)56/h3-19H,1-2H3. The molecule has 8 rings (SSSR count). The summed E-state index contributed by atoms with van der Waals surface area (Å²) in [6.07, 6.45) is -14.7. The third-order valence-electron chi connectivity index (χ3n) is 9.95. The van der Waals surface area contributed by atoms with Crippen LogP contribution in [0.3, 0.4) is 0 Å². The lowest BCUT2D eigenvalue weighted by molar-refractivity contribution is -0.138. The van der Waals surface area contributed by atoms with Gasteiger partial charge in [0.2, 0.25) is 0 Å². The van der Waals surface area contributed by atoms with Gasteiger partial charge in [-0.3, -0.25) is 0 Å². The number of nitrogens with zero attached hydrogens (tertiary/aromatic N) is 4. The van der Waals surface area contributed by atoms with Crippen LogP contribution in [0.15, 0.2) is 103 Å². The van der Waals surface area contributed by atoms with Crippen molar-refractivity contribution in [1.82, 2.24) is 9.13 Å². The molecule has 13 heteroatoms. The molecule has 0 aliphatic carbocycles. The average molecular weight is 767 g/mol. The molecule has 56 heavy (non-hydrogen) atoms. The molecule has 0 bridgehead atoms. The fourth-order valence-corrected chi connectivity index (χ4v) is 7.48. The number of hydrogen-bond donors (Lipinski definition) is 0. The van der Waals surface area contributed by atoms with Crippen molar-refractivity contribution < 1.29 is 39.5 Å². The highest BCUT2D eigenvalue weighted by Gasteiger charge is 2.36. The van der Waals surface area contributed by atoms with Crippen LogP contribution in [0.5, 0.6) is 0 Å². The summed E-state index contributed by atoms with van der Waals surface area (Å²) in [5.41, 5.74) is -1.41. The minimum Gasteiger partial charge on any atom is -0.308 e. The summed E-state index contributed by atoms with van der Waals surface area (Å²) in [6, 6.07) is 25.7. The Morgan fingerprint density at radius 1 is 0.464 bits per heavy atom. The van der Waals surface area contributed by atoms with Crippen molar-refractivity contribution in [1.29, 1.82) is 10.5 Å². The van der Waals surface area contributed by atoms with E-state index in [1.807, 2.05) is 38.1 Å². The first-order chi connectivity index (χ1) is 26.4. The molecule has 0 radical (unpaired) electrons.